The summed E-state index contributed by atoms with van der Waals surface area (Å²) in [4.78, 5) is 52.3. The van der Waals surface area contributed by atoms with E-state index in [0.717, 1.165) is 4.90 Å². The van der Waals surface area contributed by atoms with Crippen LogP contribution in [0.4, 0.5) is 0 Å². The summed E-state index contributed by atoms with van der Waals surface area (Å²) in [5.74, 6) is -0.999. The second kappa shape index (κ2) is 7.91. The van der Waals surface area contributed by atoms with E-state index in [4.69, 9.17) is 11.6 Å². The molecule has 0 aliphatic carbocycles. The number of carbonyl (C=O) groups is 4. The predicted octanol–water partition coefficient (Wildman–Crippen LogP) is 1.65. The summed E-state index contributed by atoms with van der Waals surface area (Å²) >= 11 is 5.88. The smallest absolute Gasteiger partial charge is 0.262 e. The molecule has 0 atom stereocenters. The highest BCUT2D eigenvalue weighted by Crippen LogP contribution is 2.24. The number of nitrogens with one attached hydrogen (secondary N) is 1. The fraction of sp³-hybridized carbons (Fsp3) is 0.500. The van der Waals surface area contributed by atoms with E-state index in [-0.39, 0.29) is 30.3 Å². The summed E-state index contributed by atoms with van der Waals surface area (Å²) < 4.78 is 0. The first-order chi connectivity index (χ1) is 13.2. The second-order valence-electron chi connectivity index (χ2n) is 7.89. The maximum absolute atomic E-state index is 12.5. The van der Waals surface area contributed by atoms with E-state index in [9.17, 15) is 19.2 Å². The number of benzene rings is 1. The van der Waals surface area contributed by atoms with Gasteiger partial charge in [0.2, 0.25) is 11.8 Å². The maximum atomic E-state index is 12.5. The Bertz CT molecular complexity index is 780. The molecule has 1 aromatic carbocycles. The van der Waals surface area contributed by atoms with Crippen molar-refractivity contribution in [3.8, 4) is 0 Å². The summed E-state index contributed by atoms with van der Waals surface area (Å²) in [6.07, 6.45) is 1.25. The van der Waals surface area contributed by atoms with Gasteiger partial charge in [0.25, 0.3) is 11.8 Å². The van der Waals surface area contributed by atoms with Crippen molar-refractivity contribution in [3.05, 3.63) is 35.4 Å². The first-order valence-electron chi connectivity index (χ1n) is 9.34. The molecule has 0 radical (unpaired) electrons. The number of fused-ring (bicyclic) bond motifs is 1. The van der Waals surface area contributed by atoms with Crippen molar-refractivity contribution in [2.75, 3.05) is 25.5 Å². The van der Waals surface area contributed by atoms with Gasteiger partial charge in [-0.1, -0.05) is 12.1 Å². The van der Waals surface area contributed by atoms with Gasteiger partial charge in [0, 0.05) is 25.0 Å². The first-order valence-corrected chi connectivity index (χ1v) is 9.88. The number of piperidine rings is 1. The fourth-order valence-corrected chi connectivity index (χ4v) is 3.63. The Balaban J connectivity index is 1.52. The topological polar surface area (TPSA) is 86.8 Å². The van der Waals surface area contributed by atoms with E-state index in [1.807, 2.05) is 13.8 Å². The molecule has 2 aliphatic rings. The Morgan fingerprint density at radius 1 is 1.11 bits per heavy atom. The van der Waals surface area contributed by atoms with E-state index in [1.165, 1.54) is 0 Å². The Morgan fingerprint density at radius 3 is 2.14 bits per heavy atom. The number of amides is 4. The van der Waals surface area contributed by atoms with Crippen LogP contribution in [-0.2, 0) is 9.59 Å². The number of imide groups is 1. The minimum absolute atomic E-state index is 0.0123. The zero-order chi connectivity index (χ0) is 20.5. The van der Waals surface area contributed by atoms with Crippen LogP contribution in [0.1, 0.15) is 47.4 Å². The van der Waals surface area contributed by atoms with Gasteiger partial charge in [-0.15, -0.1) is 11.6 Å². The monoisotopic (exact) mass is 405 g/mol. The minimum atomic E-state index is -0.608. The third-order valence-corrected chi connectivity index (χ3v) is 5.91. The van der Waals surface area contributed by atoms with Crippen LogP contribution in [-0.4, -0.2) is 65.0 Å². The van der Waals surface area contributed by atoms with Crippen LogP contribution in [0.5, 0.6) is 0 Å². The molecule has 150 valence electrons. The number of alkyl halides is 1. The van der Waals surface area contributed by atoms with Gasteiger partial charge in [-0.25, -0.2) is 0 Å². The molecule has 0 bridgehead atoms. The molecule has 3 rings (SSSR count). The van der Waals surface area contributed by atoms with Gasteiger partial charge in [-0.2, -0.15) is 0 Å². The van der Waals surface area contributed by atoms with Crippen molar-refractivity contribution in [3.63, 3.8) is 0 Å². The molecule has 1 N–H and O–H groups in total. The number of carbonyl (C=O) groups excluding carboxylic acids is 4. The van der Waals surface area contributed by atoms with E-state index in [0.29, 0.717) is 37.1 Å². The van der Waals surface area contributed by atoms with Gasteiger partial charge in [-0.05, 0) is 38.8 Å². The highest BCUT2D eigenvalue weighted by Gasteiger charge is 2.37. The Labute approximate surface area is 169 Å². The lowest BCUT2D eigenvalue weighted by molar-refractivity contribution is -0.140. The molecule has 0 aromatic heterocycles. The van der Waals surface area contributed by atoms with E-state index in [2.05, 4.69) is 5.32 Å². The van der Waals surface area contributed by atoms with Crippen LogP contribution >= 0.6 is 11.6 Å². The van der Waals surface area contributed by atoms with Crippen LogP contribution in [0.15, 0.2) is 24.3 Å². The molecule has 1 saturated heterocycles. The number of hydrogen-bond acceptors (Lipinski definition) is 4. The average molecular weight is 406 g/mol. The van der Waals surface area contributed by atoms with Gasteiger partial charge in [-0.3, -0.25) is 24.1 Å². The average Bonchev–Trinajstić information content (AvgIpc) is 2.93. The number of hydrogen-bond donors (Lipinski definition) is 1. The molecule has 28 heavy (non-hydrogen) atoms. The number of rotatable bonds is 5. The van der Waals surface area contributed by atoms with Crippen molar-refractivity contribution in [2.24, 2.45) is 5.41 Å². The molecular weight excluding hydrogens is 382 g/mol. The Morgan fingerprint density at radius 2 is 1.64 bits per heavy atom. The quantitative estimate of drug-likeness (QED) is 0.596. The van der Waals surface area contributed by atoms with Gasteiger partial charge >= 0.3 is 0 Å². The largest absolute Gasteiger partial charge is 0.352 e. The predicted molar refractivity (Wildman–Crippen MR) is 104 cm³/mol. The molecule has 8 heteroatoms. The lowest BCUT2D eigenvalue weighted by Gasteiger charge is -2.36. The zero-order valence-corrected chi connectivity index (χ0v) is 16.8. The molecule has 1 fully saturated rings. The first kappa shape index (κ1) is 20.3. The molecule has 0 spiro atoms. The molecule has 7 nitrogen and oxygen atoms in total. The van der Waals surface area contributed by atoms with E-state index < -0.39 is 17.2 Å². The van der Waals surface area contributed by atoms with Gasteiger partial charge in [0.1, 0.15) is 6.54 Å². The maximum Gasteiger partial charge on any atom is 0.262 e. The molecule has 2 heterocycles. The summed E-state index contributed by atoms with van der Waals surface area (Å²) in [5, 5.41) is 2.88. The number of halogens is 1. The van der Waals surface area contributed by atoms with Crippen molar-refractivity contribution in [2.45, 2.75) is 32.7 Å². The van der Waals surface area contributed by atoms with Gasteiger partial charge in [0.15, 0.2) is 0 Å². The molecule has 0 unspecified atom stereocenters. The normalized spacial score (nSPS) is 17.7. The van der Waals surface area contributed by atoms with Gasteiger partial charge < -0.3 is 10.2 Å². The highest BCUT2D eigenvalue weighted by molar-refractivity contribution is 6.22. The lowest BCUT2D eigenvalue weighted by atomic mass is 9.92. The zero-order valence-electron chi connectivity index (χ0n) is 16.0. The molecular formula is C20H24ClN3O4. The van der Waals surface area contributed by atoms with Crippen LogP contribution in [0.3, 0.4) is 0 Å². The van der Waals surface area contributed by atoms with E-state index >= 15 is 0 Å². The minimum Gasteiger partial charge on any atom is -0.352 e. The van der Waals surface area contributed by atoms with Crippen LogP contribution in [0, 0.1) is 5.41 Å². The number of nitrogens with zero attached hydrogens (tertiary/aromatic N) is 2. The van der Waals surface area contributed by atoms with Crippen molar-refractivity contribution in [1.29, 1.82) is 0 Å². The van der Waals surface area contributed by atoms with Crippen molar-refractivity contribution < 1.29 is 19.2 Å². The molecule has 0 saturated carbocycles. The highest BCUT2D eigenvalue weighted by atomic mass is 35.5. The standard InChI is InChI=1S/C20H24ClN3O4/c1-20(2,12-21)19(28)23-9-7-13(8-10-23)22-16(25)11-24-17(26)14-5-3-4-6-15(14)18(24)27/h3-6,13H,7-12H2,1-2H3,(H,22,25). The molecule has 4 amide bonds. The van der Waals surface area contributed by atoms with Crippen LogP contribution < -0.4 is 5.32 Å². The SMILES string of the molecule is CC(C)(CCl)C(=O)N1CCC(NC(=O)CN2C(=O)c3ccccc3C2=O)CC1. The summed E-state index contributed by atoms with van der Waals surface area (Å²) in [5.41, 5.74) is 0.0476. The van der Waals surface area contributed by atoms with Gasteiger partial charge in [0.05, 0.1) is 16.5 Å². The summed E-state index contributed by atoms with van der Waals surface area (Å²) in [7, 11) is 0. The molecule has 1 aromatic rings. The van der Waals surface area contributed by atoms with Crippen LogP contribution in [0.2, 0.25) is 0 Å². The van der Waals surface area contributed by atoms with Crippen molar-refractivity contribution >= 4 is 35.2 Å². The third-order valence-electron chi connectivity index (χ3n) is 5.24. The summed E-state index contributed by atoms with van der Waals surface area (Å²) in [6, 6.07) is 6.46. The Hall–Kier alpha value is -2.41. The number of likely N-dealkylation sites (tertiary alicyclic amines) is 1. The Kier molecular flexibility index (Phi) is 5.74. The molecule has 2 aliphatic heterocycles. The third kappa shape index (κ3) is 3.90. The van der Waals surface area contributed by atoms with Crippen LogP contribution in [0.25, 0.3) is 0 Å². The summed E-state index contributed by atoms with van der Waals surface area (Å²) in [6.45, 7) is 4.41. The second-order valence-corrected chi connectivity index (χ2v) is 8.16. The lowest BCUT2D eigenvalue weighted by Crippen LogP contribution is -2.51. The fourth-order valence-electron chi connectivity index (χ4n) is 3.51. The van der Waals surface area contributed by atoms with E-state index in [1.54, 1.807) is 29.2 Å². The van der Waals surface area contributed by atoms with Crippen molar-refractivity contribution in [1.82, 2.24) is 15.1 Å².